The summed E-state index contributed by atoms with van der Waals surface area (Å²) in [6.45, 7) is 6.77. The van der Waals surface area contributed by atoms with Gasteiger partial charge in [-0.25, -0.2) is 0 Å². The zero-order valence-corrected chi connectivity index (χ0v) is 5.94. The van der Waals surface area contributed by atoms with Gasteiger partial charge in [0, 0.05) is 0 Å². The highest BCUT2D eigenvalue weighted by Crippen LogP contribution is 2.15. The third-order valence-electron chi connectivity index (χ3n) is 1.22. The van der Waals surface area contributed by atoms with Crippen LogP contribution in [-0.4, -0.2) is 16.1 Å². The van der Waals surface area contributed by atoms with Crippen molar-refractivity contribution in [3.8, 4) is 0 Å². The standard InChI is InChI=1S/C6H11ClO/c1-4-6(3,8)5(2)7/h4-5,8H,1H2,2-3H3. The van der Waals surface area contributed by atoms with Crippen molar-refractivity contribution in [2.75, 3.05) is 0 Å². The molecule has 0 aliphatic heterocycles. The zero-order valence-electron chi connectivity index (χ0n) is 5.19. The third kappa shape index (κ3) is 1.85. The van der Waals surface area contributed by atoms with Crippen LogP contribution >= 0.6 is 11.6 Å². The molecule has 0 aromatic rings. The second-order valence-electron chi connectivity index (χ2n) is 2.05. The Morgan fingerprint density at radius 2 is 2.25 bits per heavy atom. The first kappa shape index (κ1) is 7.99. The SMILES string of the molecule is C=CC(C)(O)C(C)Cl. The fourth-order valence-electron chi connectivity index (χ4n) is 0.162. The second kappa shape index (κ2) is 2.51. The van der Waals surface area contributed by atoms with E-state index in [1.165, 1.54) is 6.08 Å². The van der Waals surface area contributed by atoms with Crippen LogP contribution in [0.1, 0.15) is 13.8 Å². The first-order chi connectivity index (χ1) is 3.50. The van der Waals surface area contributed by atoms with Gasteiger partial charge < -0.3 is 5.11 Å². The van der Waals surface area contributed by atoms with Crippen LogP contribution in [0.2, 0.25) is 0 Å². The van der Waals surface area contributed by atoms with Crippen molar-refractivity contribution < 1.29 is 5.11 Å². The molecule has 0 heterocycles. The Hall–Kier alpha value is -0.0100. The number of halogens is 1. The van der Waals surface area contributed by atoms with E-state index >= 15 is 0 Å². The van der Waals surface area contributed by atoms with Gasteiger partial charge in [0.05, 0.1) is 11.0 Å². The van der Waals surface area contributed by atoms with E-state index in [1.54, 1.807) is 13.8 Å². The Labute approximate surface area is 55.0 Å². The van der Waals surface area contributed by atoms with E-state index in [-0.39, 0.29) is 5.38 Å². The van der Waals surface area contributed by atoms with Crippen LogP contribution in [0.3, 0.4) is 0 Å². The molecule has 0 aliphatic carbocycles. The molecule has 1 N–H and O–H groups in total. The molecule has 0 aromatic heterocycles. The number of rotatable bonds is 2. The molecule has 0 saturated carbocycles. The van der Waals surface area contributed by atoms with E-state index in [9.17, 15) is 0 Å². The van der Waals surface area contributed by atoms with Gasteiger partial charge in [-0.1, -0.05) is 6.08 Å². The summed E-state index contributed by atoms with van der Waals surface area (Å²) in [7, 11) is 0. The first-order valence-electron chi connectivity index (χ1n) is 2.50. The summed E-state index contributed by atoms with van der Waals surface area (Å²) >= 11 is 5.55. The van der Waals surface area contributed by atoms with Gasteiger partial charge in [0.15, 0.2) is 0 Å². The molecule has 0 radical (unpaired) electrons. The number of aliphatic hydroxyl groups is 1. The first-order valence-corrected chi connectivity index (χ1v) is 2.94. The minimum absolute atomic E-state index is 0.278. The smallest absolute Gasteiger partial charge is 0.0957 e. The normalized spacial score (nSPS) is 21.5. The van der Waals surface area contributed by atoms with Crippen molar-refractivity contribution in [3.05, 3.63) is 12.7 Å². The average molecular weight is 135 g/mol. The van der Waals surface area contributed by atoms with E-state index in [4.69, 9.17) is 16.7 Å². The molecule has 8 heavy (non-hydrogen) atoms. The average Bonchev–Trinajstić information content (AvgIpc) is 1.67. The molecule has 2 atom stereocenters. The Morgan fingerprint density at radius 3 is 2.25 bits per heavy atom. The molecule has 2 heteroatoms. The summed E-state index contributed by atoms with van der Waals surface area (Å²) in [5.41, 5.74) is -0.929. The van der Waals surface area contributed by atoms with Crippen LogP contribution in [0.5, 0.6) is 0 Å². The Bertz CT molecular complexity index is 86.5. The molecule has 0 saturated heterocycles. The van der Waals surface area contributed by atoms with Gasteiger partial charge in [0.25, 0.3) is 0 Å². The Balaban J connectivity index is 3.90. The number of alkyl halides is 1. The van der Waals surface area contributed by atoms with Gasteiger partial charge in [0.1, 0.15) is 0 Å². The number of hydrogen-bond donors (Lipinski definition) is 1. The predicted octanol–water partition coefficient (Wildman–Crippen LogP) is 1.55. The number of hydrogen-bond acceptors (Lipinski definition) is 1. The lowest BCUT2D eigenvalue weighted by atomic mass is 10.0. The second-order valence-corrected chi connectivity index (χ2v) is 2.70. The lowest BCUT2D eigenvalue weighted by molar-refractivity contribution is 0.112. The van der Waals surface area contributed by atoms with Gasteiger partial charge in [-0.05, 0) is 13.8 Å². The molecule has 0 amide bonds. The maximum Gasteiger partial charge on any atom is 0.0957 e. The quantitative estimate of drug-likeness (QED) is 0.449. The predicted molar refractivity (Wildman–Crippen MR) is 36.1 cm³/mol. The minimum atomic E-state index is -0.929. The van der Waals surface area contributed by atoms with E-state index in [0.29, 0.717) is 0 Å². The summed E-state index contributed by atoms with van der Waals surface area (Å²) in [5, 5.41) is 8.87. The molecular weight excluding hydrogens is 124 g/mol. The molecule has 0 spiro atoms. The molecule has 2 unspecified atom stereocenters. The fourth-order valence-corrected chi connectivity index (χ4v) is 0.251. The summed E-state index contributed by atoms with van der Waals surface area (Å²) in [5.74, 6) is 0. The lowest BCUT2D eigenvalue weighted by Gasteiger charge is -2.20. The highest BCUT2D eigenvalue weighted by Gasteiger charge is 2.21. The molecule has 0 aliphatic rings. The Morgan fingerprint density at radius 1 is 1.88 bits per heavy atom. The van der Waals surface area contributed by atoms with E-state index in [0.717, 1.165) is 0 Å². The van der Waals surface area contributed by atoms with E-state index < -0.39 is 5.60 Å². The van der Waals surface area contributed by atoms with Crippen molar-refractivity contribution in [1.82, 2.24) is 0 Å². The summed E-state index contributed by atoms with van der Waals surface area (Å²) < 4.78 is 0. The summed E-state index contributed by atoms with van der Waals surface area (Å²) in [4.78, 5) is 0. The maximum absolute atomic E-state index is 9.15. The molecule has 0 bridgehead atoms. The fraction of sp³-hybridized carbons (Fsp3) is 0.667. The van der Waals surface area contributed by atoms with Gasteiger partial charge in [-0.2, -0.15) is 0 Å². The van der Waals surface area contributed by atoms with Crippen LogP contribution in [-0.2, 0) is 0 Å². The van der Waals surface area contributed by atoms with Crippen molar-refractivity contribution in [2.45, 2.75) is 24.8 Å². The third-order valence-corrected chi connectivity index (χ3v) is 1.66. The highest BCUT2D eigenvalue weighted by molar-refractivity contribution is 6.21. The molecule has 1 nitrogen and oxygen atoms in total. The van der Waals surface area contributed by atoms with Crippen molar-refractivity contribution in [3.63, 3.8) is 0 Å². The van der Waals surface area contributed by atoms with Crippen LogP contribution in [0, 0.1) is 0 Å². The van der Waals surface area contributed by atoms with Crippen LogP contribution < -0.4 is 0 Å². The van der Waals surface area contributed by atoms with Crippen LogP contribution in [0.4, 0.5) is 0 Å². The van der Waals surface area contributed by atoms with Gasteiger partial charge >= 0.3 is 0 Å². The van der Waals surface area contributed by atoms with Crippen molar-refractivity contribution in [1.29, 1.82) is 0 Å². The van der Waals surface area contributed by atoms with Crippen molar-refractivity contribution >= 4 is 11.6 Å². The minimum Gasteiger partial charge on any atom is -0.385 e. The topological polar surface area (TPSA) is 20.2 Å². The zero-order chi connectivity index (χ0) is 6.78. The summed E-state index contributed by atoms with van der Waals surface area (Å²) in [6.07, 6.45) is 1.44. The Kier molecular flexibility index (Phi) is 2.51. The van der Waals surface area contributed by atoms with Gasteiger partial charge in [0.2, 0.25) is 0 Å². The van der Waals surface area contributed by atoms with E-state index in [2.05, 4.69) is 6.58 Å². The summed E-state index contributed by atoms with van der Waals surface area (Å²) in [6, 6.07) is 0. The molecule has 48 valence electrons. The lowest BCUT2D eigenvalue weighted by Crippen LogP contribution is -2.30. The largest absolute Gasteiger partial charge is 0.385 e. The van der Waals surface area contributed by atoms with Crippen LogP contribution in [0.25, 0.3) is 0 Å². The van der Waals surface area contributed by atoms with Gasteiger partial charge in [-0.3, -0.25) is 0 Å². The molecular formula is C6H11ClO. The van der Waals surface area contributed by atoms with E-state index in [1.807, 2.05) is 0 Å². The molecule has 0 fully saturated rings. The highest BCUT2D eigenvalue weighted by atomic mass is 35.5. The van der Waals surface area contributed by atoms with Gasteiger partial charge in [-0.15, -0.1) is 18.2 Å². The van der Waals surface area contributed by atoms with Crippen molar-refractivity contribution in [2.24, 2.45) is 0 Å². The maximum atomic E-state index is 9.15. The molecule has 0 rings (SSSR count). The van der Waals surface area contributed by atoms with Crippen LogP contribution in [0.15, 0.2) is 12.7 Å². The molecule has 0 aromatic carbocycles. The monoisotopic (exact) mass is 134 g/mol.